The number of likely N-dealkylation sites (tertiary alicyclic amines) is 1. The number of rotatable bonds is 2. The maximum absolute atomic E-state index is 11.6. The number of piperidine rings is 1. The van der Waals surface area contributed by atoms with Gasteiger partial charge in [0.1, 0.15) is 0 Å². The van der Waals surface area contributed by atoms with Crippen LogP contribution in [0.5, 0.6) is 0 Å². The van der Waals surface area contributed by atoms with Gasteiger partial charge in [0.25, 0.3) is 0 Å². The molecule has 3 aliphatic rings. The fourth-order valence-corrected chi connectivity index (χ4v) is 5.85. The summed E-state index contributed by atoms with van der Waals surface area (Å²) >= 11 is 0. The van der Waals surface area contributed by atoms with Gasteiger partial charge in [0.2, 0.25) is 5.91 Å². The van der Waals surface area contributed by atoms with E-state index in [-0.39, 0.29) is 13.4 Å². The molecule has 0 unspecified atom stereocenters. The second kappa shape index (κ2) is 7.72. The minimum absolute atomic E-state index is 0. The van der Waals surface area contributed by atoms with Crippen molar-refractivity contribution in [1.29, 1.82) is 0 Å². The molecular formula is C23H36N2O. The third-order valence-electron chi connectivity index (χ3n) is 7.29. The minimum Gasteiger partial charge on any atom is -0.350 e. The first-order chi connectivity index (χ1) is 12.7. The molecule has 26 heavy (non-hydrogen) atoms. The zero-order valence-corrected chi connectivity index (χ0v) is 16.3. The van der Waals surface area contributed by atoms with Gasteiger partial charge in [-0.15, -0.1) is 0 Å². The van der Waals surface area contributed by atoms with Gasteiger partial charge in [0, 0.05) is 14.4 Å². The molecule has 1 N–H and O–H groups in total. The molecular weight excluding hydrogens is 320 g/mol. The van der Waals surface area contributed by atoms with Crippen molar-refractivity contribution < 1.29 is 6.22 Å². The molecule has 2 fully saturated rings. The van der Waals surface area contributed by atoms with Gasteiger partial charge in [0.15, 0.2) is 0 Å². The maximum atomic E-state index is 11.6. The number of nitrogens with zero attached hydrogens (tertiary/aromatic N) is 1. The van der Waals surface area contributed by atoms with Gasteiger partial charge < -0.3 is 10.2 Å². The van der Waals surface area contributed by atoms with E-state index >= 15 is 0 Å². The maximum Gasteiger partial charge on any atom is 0.217 e. The smallest absolute Gasteiger partial charge is 0.217 e. The number of carbonyl (C=O) groups excluding carboxylic acids is 1. The highest BCUT2D eigenvalue weighted by atomic mass is 16.1. The molecule has 4 rings (SSSR count). The second-order valence-corrected chi connectivity index (χ2v) is 8.84. The number of amides is 1. The van der Waals surface area contributed by atoms with Crippen molar-refractivity contribution in [3.8, 4) is 0 Å². The van der Waals surface area contributed by atoms with Crippen LogP contribution >= 0.6 is 0 Å². The predicted octanol–water partition coefficient (Wildman–Crippen LogP) is 4.96. The van der Waals surface area contributed by atoms with Gasteiger partial charge >= 0.3 is 0 Å². The SMILES string of the molecule is CC(=O)N[C@@H]1CCC2(CCN(C3CCCCCC3)CC2)c2ccccc21.[HH]. The molecule has 1 saturated heterocycles. The highest BCUT2D eigenvalue weighted by Crippen LogP contribution is 2.48. The highest BCUT2D eigenvalue weighted by Gasteiger charge is 2.42. The molecule has 0 radical (unpaired) electrons. The molecule has 0 aromatic heterocycles. The number of hydrogen-bond acceptors (Lipinski definition) is 2. The summed E-state index contributed by atoms with van der Waals surface area (Å²) < 4.78 is 0. The van der Waals surface area contributed by atoms with E-state index in [1.54, 1.807) is 6.92 Å². The van der Waals surface area contributed by atoms with E-state index in [9.17, 15) is 4.79 Å². The molecule has 1 spiro atoms. The normalized spacial score (nSPS) is 26.9. The fraction of sp³-hybridized carbons (Fsp3) is 0.696. The Morgan fingerprint density at radius 2 is 1.73 bits per heavy atom. The van der Waals surface area contributed by atoms with Crippen molar-refractivity contribution in [3.05, 3.63) is 35.4 Å². The van der Waals surface area contributed by atoms with Gasteiger partial charge in [0.05, 0.1) is 6.04 Å². The van der Waals surface area contributed by atoms with E-state index in [4.69, 9.17) is 0 Å². The summed E-state index contributed by atoms with van der Waals surface area (Å²) in [6, 6.07) is 9.94. The molecule has 1 aliphatic heterocycles. The van der Waals surface area contributed by atoms with Crippen molar-refractivity contribution in [2.45, 2.75) is 88.6 Å². The summed E-state index contributed by atoms with van der Waals surface area (Å²) in [5.74, 6) is 0.0870. The van der Waals surface area contributed by atoms with Crippen LogP contribution in [0, 0.1) is 0 Å². The molecule has 3 heteroatoms. The fourth-order valence-electron chi connectivity index (χ4n) is 5.85. The lowest BCUT2D eigenvalue weighted by molar-refractivity contribution is -0.119. The predicted molar refractivity (Wildman–Crippen MR) is 108 cm³/mol. The van der Waals surface area contributed by atoms with Crippen molar-refractivity contribution in [3.63, 3.8) is 0 Å². The first-order valence-electron chi connectivity index (χ1n) is 10.8. The Labute approximate surface area is 160 Å². The monoisotopic (exact) mass is 356 g/mol. The Balaban J connectivity index is 0.00000210. The Bertz CT molecular complexity index is 631. The number of hydrogen-bond donors (Lipinski definition) is 1. The summed E-state index contributed by atoms with van der Waals surface area (Å²) in [7, 11) is 0. The van der Waals surface area contributed by atoms with Crippen molar-refractivity contribution >= 4 is 5.91 Å². The van der Waals surface area contributed by atoms with Crippen LogP contribution in [0.4, 0.5) is 0 Å². The summed E-state index contributed by atoms with van der Waals surface area (Å²) in [5, 5.41) is 3.18. The number of nitrogens with one attached hydrogen (secondary N) is 1. The summed E-state index contributed by atoms with van der Waals surface area (Å²) in [6.07, 6.45) is 13.4. The quantitative estimate of drug-likeness (QED) is 0.760. The Morgan fingerprint density at radius 1 is 1.04 bits per heavy atom. The molecule has 0 bridgehead atoms. The van der Waals surface area contributed by atoms with Crippen LogP contribution in [0.15, 0.2) is 24.3 Å². The standard InChI is InChI=1S/C23H34N2O.H2/c1-18(26)24-22-12-13-23(21-11-7-6-10-20(21)22)14-16-25(17-15-23)19-8-4-2-3-5-9-19;/h6-7,10-11,19,22H,2-5,8-9,12-17H2,1H3,(H,24,26);1H/t22-;/m1./s1. The van der Waals surface area contributed by atoms with Gasteiger partial charge in [-0.3, -0.25) is 4.79 Å². The summed E-state index contributed by atoms with van der Waals surface area (Å²) in [5.41, 5.74) is 3.23. The molecule has 1 aromatic rings. The van der Waals surface area contributed by atoms with Crippen molar-refractivity contribution in [2.24, 2.45) is 0 Å². The van der Waals surface area contributed by atoms with E-state index in [0.717, 1.165) is 12.5 Å². The van der Waals surface area contributed by atoms with Crippen LogP contribution in [0.25, 0.3) is 0 Å². The zero-order chi connectivity index (χ0) is 18.0. The van der Waals surface area contributed by atoms with Crippen LogP contribution < -0.4 is 5.32 Å². The lowest BCUT2D eigenvalue weighted by Gasteiger charge is -2.48. The van der Waals surface area contributed by atoms with Gasteiger partial charge in [-0.1, -0.05) is 49.9 Å². The molecule has 1 atom stereocenters. The van der Waals surface area contributed by atoms with E-state index < -0.39 is 0 Å². The van der Waals surface area contributed by atoms with Crippen LogP contribution in [0.3, 0.4) is 0 Å². The highest BCUT2D eigenvalue weighted by molar-refractivity contribution is 5.73. The Hall–Kier alpha value is -1.35. The average Bonchev–Trinajstić information content (AvgIpc) is 2.94. The first-order valence-corrected chi connectivity index (χ1v) is 10.8. The van der Waals surface area contributed by atoms with E-state index in [1.807, 2.05) is 0 Å². The molecule has 2 aliphatic carbocycles. The lowest BCUT2D eigenvalue weighted by Crippen LogP contribution is -2.49. The van der Waals surface area contributed by atoms with E-state index in [2.05, 4.69) is 34.5 Å². The van der Waals surface area contributed by atoms with Gasteiger partial charge in [-0.2, -0.15) is 0 Å². The first kappa shape index (κ1) is 18.0. The molecule has 1 saturated carbocycles. The summed E-state index contributed by atoms with van der Waals surface area (Å²) in [4.78, 5) is 14.4. The van der Waals surface area contributed by atoms with Gasteiger partial charge in [-0.05, 0) is 68.2 Å². The number of fused-ring (bicyclic) bond motifs is 2. The van der Waals surface area contributed by atoms with Crippen molar-refractivity contribution in [2.75, 3.05) is 13.1 Å². The Kier molecular flexibility index (Phi) is 5.35. The number of carbonyl (C=O) groups is 1. The second-order valence-electron chi connectivity index (χ2n) is 8.84. The third-order valence-corrected chi connectivity index (χ3v) is 7.29. The van der Waals surface area contributed by atoms with Crippen LogP contribution in [0.1, 0.15) is 89.7 Å². The van der Waals surface area contributed by atoms with Crippen LogP contribution in [-0.4, -0.2) is 29.9 Å². The van der Waals surface area contributed by atoms with Gasteiger partial charge in [-0.25, -0.2) is 0 Å². The minimum atomic E-state index is 0. The summed E-state index contributed by atoms with van der Waals surface area (Å²) in [6.45, 7) is 4.14. The number of benzene rings is 1. The molecule has 3 nitrogen and oxygen atoms in total. The molecule has 1 heterocycles. The zero-order valence-electron chi connectivity index (χ0n) is 16.3. The van der Waals surface area contributed by atoms with E-state index in [0.29, 0.717) is 5.41 Å². The topological polar surface area (TPSA) is 32.3 Å². The van der Waals surface area contributed by atoms with Crippen molar-refractivity contribution in [1.82, 2.24) is 10.2 Å². The Morgan fingerprint density at radius 3 is 2.42 bits per heavy atom. The van der Waals surface area contributed by atoms with Crippen LogP contribution in [0.2, 0.25) is 0 Å². The van der Waals surface area contributed by atoms with Crippen LogP contribution in [-0.2, 0) is 10.2 Å². The third kappa shape index (κ3) is 3.55. The lowest BCUT2D eigenvalue weighted by atomic mass is 9.63. The van der Waals surface area contributed by atoms with E-state index in [1.165, 1.54) is 82.0 Å². The molecule has 1 amide bonds. The largest absolute Gasteiger partial charge is 0.350 e. The molecule has 144 valence electrons. The molecule has 1 aromatic carbocycles. The average molecular weight is 357 g/mol.